The molecule has 0 saturated carbocycles. The van der Waals surface area contributed by atoms with E-state index in [-0.39, 0.29) is 16.7 Å². The van der Waals surface area contributed by atoms with Crippen LogP contribution in [0.4, 0.5) is 10.1 Å². The highest BCUT2D eigenvalue weighted by atomic mass is 19.1. The lowest BCUT2D eigenvalue weighted by atomic mass is 9.81. The van der Waals surface area contributed by atoms with E-state index in [0.717, 1.165) is 5.56 Å². The summed E-state index contributed by atoms with van der Waals surface area (Å²) in [4.78, 5) is 3.22. The molecule has 0 amide bonds. The van der Waals surface area contributed by atoms with Crippen LogP contribution >= 0.6 is 0 Å². The van der Waals surface area contributed by atoms with E-state index in [0.29, 0.717) is 5.56 Å². The van der Waals surface area contributed by atoms with E-state index in [4.69, 9.17) is 6.57 Å². The second-order valence-electron chi connectivity index (χ2n) is 7.01. The number of rotatable bonds is 1. The van der Waals surface area contributed by atoms with Crippen molar-refractivity contribution in [1.82, 2.24) is 0 Å². The SMILES string of the molecule is [C-]#[N+]c1cc(-c2ccc3c(c2)C(C)(C)c2ccccc2-3)cc(C#N)c1F. The van der Waals surface area contributed by atoms with Gasteiger partial charge in [0.15, 0.2) is 0 Å². The van der Waals surface area contributed by atoms with Gasteiger partial charge in [-0.1, -0.05) is 50.2 Å². The van der Waals surface area contributed by atoms with Gasteiger partial charge in [0.1, 0.15) is 11.9 Å². The minimum Gasteiger partial charge on any atom is -0.235 e. The Kier molecular flexibility index (Phi) is 3.43. The Balaban J connectivity index is 1.93. The first-order chi connectivity index (χ1) is 12.5. The monoisotopic (exact) mass is 338 g/mol. The van der Waals surface area contributed by atoms with Gasteiger partial charge in [-0.3, -0.25) is 0 Å². The minimum absolute atomic E-state index is 0.100. The molecule has 0 spiro atoms. The van der Waals surface area contributed by atoms with Crippen molar-refractivity contribution >= 4 is 5.69 Å². The van der Waals surface area contributed by atoms with Crippen LogP contribution in [0.25, 0.3) is 27.1 Å². The molecule has 1 aliphatic carbocycles. The zero-order valence-corrected chi connectivity index (χ0v) is 14.5. The van der Waals surface area contributed by atoms with Crippen LogP contribution in [-0.4, -0.2) is 0 Å². The predicted octanol–water partition coefficient (Wildman–Crippen LogP) is 6.22. The Morgan fingerprint density at radius 2 is 1.69 bits per heavy atom. The molecule has 0 unspecified atom stereocenters. The fourth-order valence-corrected chi connectivity index (χ4v) is 3.82. The third kappa shape index (κ3) is 2.15. The fraction of sp³-hybridized carbons (Fsp3) is 0.130. The Labute approximate surface area is 152 Å². The summed E-state index contributed by atoms with van der Waals surface area (Å²) < 4.78 is 14.1. The van der Waals surface area contributed by atoms with Gasteiger partial charge in [-0.2, -0.15) is 5.26 Å². The van der Waals surface area contributed by atoms with Gasteiger partial charge in [0, 0.05) is 5.41 Å². The average Bonchev–Trinajstić information content (AvgIpc) is 2.89. The van der Waals surface area contributed by atoms with E-state index >= 15 is 0 Å². The van der Waals surface area contributed by atoms with Crippen LogP contribution in [0.2, 0.25) is 0 Å². The maximum absolute atomic E-state index is 14.1. The second-order valence-corrected chi connectivity index (χ2v) is 7.01. The summed E-state index contributed by atoms with van der Waals surface area (Å²) in [6.07, 6.45) is 0. The Hall–Kier alpha value is -3.43. The van der Waals surface area contributed by atoms with Crippen molar-refractivity contribution < 1.29 is 4.39 Å². The van der Waals surface area contributed by atoms with Crippen LogP contribution in [0.1, 0.15) is 30.5 Å². The average molecular weight is 338 g/mol. The summed E-state index contributed by atoms with van der Waals surface area (Å²) in [7, 11) is 0. The van der Waals surface area contributed by atoms with Crippen LogP contribution in [-0.2, 0) is 5.41 Å². The van der Waals surface area contributed by atoms with Gasteiger partial charge < -0.3 is 0 Å². The molecule has 0 N–H and O–H groups in total. The number of nitriles is 1. The van der Waals surface area contributed by atoms with E-state index in [1.807, 2.05) is 18.2 Å². The molecule has 0 heterocycles. The fourth-order valence-electron chi connectivity index (χ4n) is 3.82. The lowest BCUT2D eigenvalue weighted by Gasteiger charge is -2.22. The van der Waals surface area contributed by atoms with Gasteiger partial charge >= 0.3 is 0 Å². The molecule has 26 heavy (non-hydrogen) atoms. The molecule has 1 aliphatic rings. The highest BCUT2D eigenvalue weighted by molar-refractivity contribution is 5.84. The Morgan fingerprint density at radius 3 is 2.42 bits per heavy atom. The summed E-state index contributed by atoms with van der Waals surface area (Å²) in [5.41, 5.74) is 6.12. The molecule has 3 heteroatoms. The quantitative estimate of drug-likeness (QED) is 0.484. The maximum Gasteiger partial charge on any atom is 0.224 e. The van der Waals surface area contributed by atoms with Crippen LogP contribution in [0.15, 0.2) is 54.6 Å². The van der Waals surface area contributed by atoms with Gasteiger partial charge in [-0.25, -0.2) is 9.24 Å². The molecule has 0 radical (unpaired) electrons. The predicted molar refractivity (Wildman–Crippen MR) is 100 cm³/mol. The van der Waals surface area contributed by atoms with E-state index in [1.54, 1.807) is 0 Å². The number of fused-ring (bicyclic) bond motifs is 3. The minimum atomic E-state index is -0.750. The summed E-state index contributed by atoms with van der Waals surface area (Å²) in [5, 5.41) is 9.17. The molecule has 0 aromatic heterocycles. The number of benzene rings is 3. The van der Waals surface area contributed by atoms with Crippen LogP contribution in [0.5, 0.6) is 0 Å². The second kappa shape index (κ2) is 5.55. The molecule has 0 saturated heterocycles. The number of hydrogen-bond donors (Lipinski definition) is 0. The van der Waals surface area contributed by atoms with Gasteiger partial charge in [0.2, 0.25) is 5.69 Å². The standard InChI is InChI=1S/C23H15FN2/c1-23(2)19-7-5-4-6-17(19)18-9-8-14(11-20(18)23)15-10-16(13-25)22(24)21(12-15)26-3/h4-12H,1-2H3. The molecular formula is C23H15FN2. The lowest BCUT2D eigenvalue weighted by molar-refractivity contribution is 0.630. The van der Waals surface area contributed by atoms with Gasteiger partial charge in [-0.05, 0) is 51.6 Å². The number of hydrogen-bond acceptors (Lipinski definition) is 1. The Bertz CT molecular complexity index is 1110. The lowest BCUT2D eigenvalue weighted by Crippen LogP contribution is -2.14. The van der Waals surface area contributed by atoms with E-state index in [9.17, 15) is 9.65 Å². The van der Waals surface area contributed by atoms with Crippen molar-refractivity contribution in [2.45, 2.75) is 19.3 Å². The van der Waals surface area contributed by atoms with Crippen LogP contribution in [0, 0.1) is 23.7 Å². The molecule has 4 rings (SSSR count). The first-order valence-corrected chi connectivity index (χ1v) is 8.33. The summed E-state index contributed by atoms with van der Waals surface area (Å²) in [6, 6.07) is 19.4. The topological polar surface area (TPSA) is 28.1 Å². The number of halogens is 1. The first kappa shape index (κ1) is 16.1. The smallest absolute Gasteiger partial charge is 0.224 e. The normalized spacial score (nSPS) is 13.4. The molecule has 3 aromatic rings. The van der Waals surface area contributed by atoms with E-state index < -0.39 is 5.82 Å². The number of nitrogens with zero attached hydrogens (tertiary/aromatic N) is 2. The third-order valence-electron chi connectivity index (χ3n) is 5.21. The van der Waals surface area contributed by atoms with Crippen molar-refractivity contribution in [3.63, 3.8) is 0 Å². The van der Waals surface area contributed by atoms with Gasteiger partial charge in [-0.15, -0.1) is 0 Å². The van der Waals surface area contributed by atoms with Crippen molar-refractivity contribution in [1.29, 1.82) is 5.26 Å². The van der Waals surface area contributed by atoms with Crippen LogP contribution in [0.3, 0.4) is 0 Å². The largest absolute Gasteiger partial charge is 0.235 e. The zero-order chi connectivity index (χ0) is 18.5. The van der Waals surface area contributed by atoms with Crippen molar-refractivity contribution in [3.05, 3.63) is 88.5 Å². The van der Waals surface area contributed by atoms with E-state index in [1.165, 1.54) is 34.4 Å². The van der Waals surface area contributed by atoms with E-state index in [2.05, 4.69) is 49.0 Å². The first-order valence-electron chi connectivity index (χ1n) is 8.33. The molecule has 0 aliphatic heterocycles. The maximum atomic E-state index is 14.1. The van der Waals surface area contributed by atoms with Crippen molar-refractivity contribution in [2.75, 3.05) is 0 Å². The molecule has 3 aromatic carbocycles. The molecule has 0 atom stereocenters. The van der Waals surface area contributed by atoms with Crippen LogP contribution < -0.4 is 0 Å². The Morgan fingerprint density at radius 1 is 0.962 bits per heavy atom. The molecule has 124 valence electrons. The molecule has 2 nitrogen and oxygen atoms in total. The third-order valence-corrected chi connectivity index (χ3v) is 5.21. The zero-order valence-electron chi connectivity index (χ0n) is 14.5. The van der Waals surface area contributed by atoms with Gasteiger partial charge in [0.05, 0.1) is 12.1 Å². The van der Waals surface area contributed by atoms with Crippen molar-refractivity contribution in [3.8, 4) is 28.3 Å². The van der Waals surface area contributed by atoms with Gasteiger partial charge in [0.25, 0.3) is 0 Å². The molecular weight excluding hydrogens is 323 g/mol. The summed E-state index contributed by atoms with van der Waals surface area (Å²) in [5.74, 6) is -0.750. The highest BCUT2D eigenvalue weighted by Crippen LogP contribution is 2.49. The molecule has 0 bridgehead atoms. The summed E-state index contributed by atoms with van der Waals surface area (Å²) in [6.45, 7) is 11.5. The summed E-state index contributed by atoms with van der Waals surface area (Å²) >= 11 is 0. The highest BCUT2D eigenvalue weighted by Gasteiger charge is 2.35. The molecule has 0 fully saturated rings. The van der Waals surface area contributed by atoms with Crippen molar-refractivity contribution in [2.24, 2.45) is 0 Å².